The first-order chi connectivity index (χ1) is 5.84. The van der Waals surface area contributed by atoms with Gasteiger partial charge >= 0.3 is 0 Å². The van der Waals surface area contributed by atoms with Crippen molar-refractivity contribution in [3.63, 3.8) is 0 Å². The molecular weight excluding hydrogens is 168 g/mol. The van der Waals surface area contributed by atoms with Crippen LogP contribution in [0.4, 0.5) is 0 Å². The van der Waals surface area contributed by atoms with Crippen LogP contribution in [0.25, 0.3) is 0 Å². The van der Waals surface area contributed by atoms with Gasteiger partial charge < -0.3 is 0 Å². The fourth-order valence-corrected chi connectivity index (χ4v) is 0.964. The fraction of sp³-hybridized carbons (Fsp3) is 0.100. The average molecular weight is 178 g/mol. The van der Waals surface area contributed by atoms with Crippen LogP contribution < -0.4 is 0 Å². The highest BCUT2D eigenvalue weighted by molar-refractivity contribution is 7.80. The van der Waals surface area contributed by atoms with E-state index in [-0.39, 0.29) is 5.78 Å². The topological polar surface area (TPSA) is 17.1 Å². The Morgan fingerprint density at radius 1 is 1.33 bits per heavy atom. The summed E-state index contributed by atoms with van der Waals surface area (Å²) >= 11 is 3.97. The van der Waals surface area contributed by atoms with Crippen molar-refractivity contribution < 1.29 is 4.79 Å². The zero-order valence-electron chi connectivity index (χ0n) is 6.60. The first-order valence-corrected chi connectivity index (χ1v) is 4.34. The molecule has 62 valence electrons. The van der Waals surface area contributed by atoms with Gasteiger partial charge in [0.05, 0.1) is 0 Å². The number of hydrogen-bond acceptors (Lipinski definition) is 2. The van der Waals surface area contributed by atoms with Crippen molar-refractivity contribution in [2.24, 2.45) is 0 Å². The molecular formula is C10H10OS. The van der Waals surface area contributed by atoms with Crippen LogP contribution in [-0.2, 0) is 0 Å². The van der Waals surface area contributed by atoms with Crippen LogP contribution in [0.15, 0.2) is 42.5 Å². The van der Waals surface area contributed by atoms with Gasteiger partial charge in [0.2, 0.25) is 0 Å². The Morgan fingerprint density at radius 3 is 2.58 bits per heavy atom. The molecule has 0 aliphatic rings. The molecule has 0 N–H and O–H groups in total. The highest BCUT2D eigenvalue weighted by atomic mass is 32.1. The first-order valence-electron chi connectivity index (χ1n) is 3.71. The van der Waals surface area contributed by atoms with E-state index in [0.717, 1.165) is 5.56 Å². The molecule has 0 radical (unpaired) electrons. The normalized spacial score (nSPS) is 10.4. The van der Waals surface area contributed by atoms with Crippen LogP contribution in [0.2, 0.25) is 0 Å². The second-order valence-corrected chi connectivity index (χ2v) is 2.68. The van der Waals surface area contributed by atoms with E-state index in [4.69, 9.17) is 0 Å². The average Bonchev–Trinajstić information content (AvgIpc) is 2.15. The Balaban J connectivity index is 2.72. The second kappa shape index (κ2) is 4.78. The molecule has 1 rings (SSSR count). The van der Waals surface area contributed by atoms with Crippen molar-refractivity contribution in [1.29, 1.82) is 0 Å². The standard InChI is InChI=1S/C10H10OS/c11-10(7-4-8-12)9-5-2-1-3-6-9/h1-7,12H,8H2. The zero-order valence-corrected chi connectivity index (χ0v) is 7.50. The number of carbonyl (C=O) groups excluding carboxylic acids is 1. The Bertz CT molecular complexity index is 277. The van der Waals surface area contributed by atoms with Gasteiger partial charge in [-0.3, -0.25) is 4.79 Å². The summed E-state index contributed by atoms with van der Waals surface area (Å²) in [6, 6.07) is 9.18. The third-order valence-corrected chi connectivity index (χ3v) is 1.64. The predicted molar refractivity (Wildman–Crippen MR) is 53.8 cm³/mol. The number of thiol groups is 1. The maximum Gasteiger partial charge on any atom is 0.185 e. The highest BCUT2D eigenvalue weighted by Crippen LogP contribution is 2.00. The lowest BCUT2D eigenvalue weighted by Crippen LogP contribution is -1.92. The number of ketones is 1. The maximum atomic E-state index is 11.3. The molecule has 0 bridgehead atoms. The van der Waals surface area contributed by atoms with Crippen LogP contribution in [0.5, 0.6) is 0 Å². The van der Waals surface area contributed by atoms with Gasteiger partial charge in [0.15, 0.2) is 5.78 Å². The van der Waals surface area contributed by atoms with Gasteiger partial charge in [-0.15, -0.1) is 0 Å². The quantitative estimate of drug-likeness (QED) is 0.427. The highest BCUT2D eigenvalue weighted by Gasteiger charge is 1.97. The number of allylic oxidation sites excluding steroid dienone is 1. The molecule has 12 heavy (non-hydrogen) atoms. The van der Waals surface area contributed by atoms with E-state index in [2.05, 4.69) is 12.6 Å². The molecule has 0 aromatic heterocycles. The number of carbonyl (C=O) groups is 1. The van der Waals surface area contributed by atoms with Gasteiger partial charge in [0.1, 0.15) is 0 Å². The monoisotopic (exact) mass is 178 g/mol. The first kappa shape index (κ1) is 9.07. The molecule has 1 aromatic carbocycles. The summed E-state index contributed by atoms with van der Waals surface area (Å²) in [5.41, 5.74) is 0.718. The maximum absolute atomic E-state index is 11.3. The Morgan fingerprint density at radius 2 is 2.00 bits per heavy atom. The zero-order chi connectivity index (χ0) is 8.81. The van der Waals surface area contributed by atoms with E-state index in [1.54, 1.807) is 24.3 Å². The van der Waals surface area contributed by atoms with Crippen LogP contribution >= 0.6 is 12.6 Å². The van der Waals surface area contributed by atoms with Gasteiger partial charge in [-0.2, -0.15) is 12.6 Å². The van der Waals surface area contributed by atoms with E-state index in [9.17, 15) is 4.79 Å². The third-order valence-electron chi connectivity index (χ3n) is 1.43. The Hall–Kier alpha value is -1.02. The molecule has 0 atom stereocenters. The third kappa shape index (κ3) is 2.55. The molecule has 0 aliphatic carbocycles. The molecule has 0 amide bonds. The molecule has 0 fully saturated rings. The van der Waals surface area contributed by atoms with E-state index < -0.39 is 0 Å². The summed E-state index contributed by atoms with van der Waals surface area (Å²) in [5.74, 6) is 0.628. The lowest BCUT2D eigenvalue weighted by atomic mass is 10.1. The molecule has 0 aliphatic heterocycles. The molecule has 1 nitrogen and oxygen atoms in total. The largest absolute Gasteiger partial charge is 0.289 e. The van der Waals surface area contributed by atoms with Crippen LogP contribution in [0, 0.1) is 0 Å². The lowest BCUT2D eigenvalue weighted by molar-refractivity contribution is 0.104. The Kier molecular flexibility index (Phi) is 3.61. The van der Waals surface area contributed by atoms with Crippen molar-refractivity contribution in [2.75, 3.05) is 5.75 Å². The molecule has 1 aromatic rings. The summed E-state index contributed by atoms with van der Waals surface area (Å²) in [6.45, 7) is 0. The summed E-state index contributed by atoms with van der Waals surface area (Å²) in [4.78, 5) is 11.3. The van der Waals surface area contributed by atoms with Gasteiger partial charge in [-0.25, -0.2) is 0 Å². The van der Waals surface area contributed by atoms with Crippen molar-refractivity contribution in [2.45, 2.75) is 0 Å². The van der Waals surface area contributed by atoms with Crippen LogP contribution in [0.3, 0.4) is 0 Å². The van der Waals surface area contributed by atoms with E-state index in [1.807, 2.05) is 18.2 Å². The molecule has 0 saturated carbocycles. The minimum absolute atomic E-state index is 0.0321. The van der Waals surface area contributed by atoms with E-state index in [1.165, 1.54) is 0 Å². The minimum Gasteiger partial charge on any atom is -0.289 e. The number of benzene rings is 1. The van der Waals surface area contributed by atoms with Gasteiger partial charge in [-0.1, -0.05) is 36.4 Å². The van der Waals surface area contributed by atoms with Gasteiger partial charge in [-0.05, 0) is 6.08 Å². The van der Waals surface area contributed by atoms with Gasteiger partial charge in [0.25, 0.3) is 0 Å². The Labute approximate surface area is 77.5 Å². The van der Waals surface area contributed by atoms with Crippen molar-refractivity contribution in [1.82, 2.24) is 0 Å². The summed E-state index contributed by atoms with van der Waals surface area (Å²) < 4.78 is 0. The number of rotatable bonds is 3. The smallest absolute Gasteiger partial charge is 0.185 e. The number of hydrogen-bond donors (Lipinski definition) is 1. The second-order valence-electron chi connectivity index (χ2n) is 2.32. The van der Waals surface area contributed by atoms with Crippen LogP contribution in [0.1, 0.15) is 10.4 Å². The summed E-state index contributed by atoms with van der Waals surface area (Å²) in [7, 11) is 0. The van der Waals surface area contributed by atoms with E-state index in [0.29, 0.717) is 5.75 Å². The van der Waals surface area contributed by atoms with Crippen LogP contribution in [-0.4, -0.2) is 11.5 Å². The molecule has 2 heteroatoms. The molecule has 0 saturated heterocycles. The predicted octanol–water partition coefficient (Wildman–Crippen LogP) is 2.36. The molecule has 0 heterocycles. The summed E-state index contributed by atoms with van der Waals surface area (Å²) in [6.07, 6.45) is 3.28. The van der Waals surface area contributed by atoms with Gasteiger partial charge in [0, 0.05) is 11.3 Å². The molecule has 0 unspecified atom stereocenters. The lowest BCUT2D eigenvalue weighted by Gasteiger charge is -1.92. The molecule has 0 spiro atoms. The SMILES string of the molecule is O=C(C=CCS)c1ccccc1. The fourth-order valence-electron chi connectivity index (χ4n) is 0.858. The van der Waals surface area contributed by atoms with Crippen molar-refractivity contribution >= 4 is 18.4 Å². The van der Waals surface area contributed by atoms with E-state index >= 15 is 0 Å². The van der Waals surface area contributed by atoms with Crippen molar-refractivity contribution in [3.8, 4) is 0 Å². The summed E-state index contributed by atoms with van der Waals surface area (Å²) in [5, 5.41) is 0. The van der Waals surface area contributed by atoms with Crippen molar-refractivity contribution in [3.05, 3.63) is 48.0 Å². The minimum atomic E-state index is 0.0321.